The van der Waals surface area contributed by atoms with Crippen molar-refractivity contribution in [3.05, 3.63) is 47.1 Å². The normalized spacial score (nSPS) is 9.88. The maximum absolute atomic E-state index is 8.87. The molecule has 0 aliphatic rings. The third-order valence-electron chi connectivity index (χ3n) is 2.10. The van der Waals surface area contributed by atoms with Gasteiger partial charge < -0.3 is 5.73 Å². The summed E-state index contributed by atoms with van der Waals surface area (Å²) in [5.74, 6) is 0. The molecule has 0 aliphatic carbocycles. The van der Waals surface area contributed by atoms with E-state index in [0.717, 1.165) is 9.92 Å². The topological polar surface area (TPSA) is 62.7 Å². The number of rotatable bonds is 2. The molecule has 0 unspecified atom stereocenters. The van der Waals surface area contributed by atoms with Crippen LogP contribution in [0, 0.1) is 11.3 Å². The number of anilines is 1. The SMILES string of the molecule is N#Cc1cccc(Sc2ccc(Cl)cn2)c1N. The molecule has 0 fully saturated rings. The quantitative estimate of drug-likeness (QED) is 0.842. The fourth-order valence-corrected chi connectivity index (χ4v) is 2.21. The second-order valence-corrected chi connectivity index (χ2v) is 4.74. The van der Waals surface area contributed by atoms with Crippen molar-refractivity contribution in [1.29, 1.82) is 5.26 Å². The highest BCUT2D eigenvalue weighted by Gasteiger charge is 2.06. The number of halogens is 1. The molecule has 2 rings (SSSR count). The highest BCUT2D eigenvalue weighted by molar-refractivity contribution is 7.99. The molecule has 3 nitrogen and oxygen atoms in total. The van der Waals surface area contributed by atoms with E-state index < -0.39 is 0 Å². The van der Waals surface area contributed by atoms with Gasteiger partial charge in [0.05, 0.1) is 16.3 Å². The number of pyridine rings is 1. The number of nitriles is 1. The average Bonchev–Trinajstić information content (AvgIpc) is 2.35. The Morgan fingerprint density at radius 1 is 1.29 bits per heavy atom. The first kappa shape index (κ1) is 11.8. The molecule has 1 aromatic carbocycles. The Balaban J connectivity index is 2.31. The third kappa shape index (κ3) is 2.70. The Morgan fingerprint density at radius 2 is 2.12 bits per heavy atom. The standard InChI is InChI=1S/C12H8ClN3S/c13-9-4-5-11(16-7-9)17-10-3-1-2-8(6-14)12(10)15/h1-5,7H,15H2. The summed E-state index contributed by atoms with van der Waals surface area (Å²) in [5.41, 5.74) is 6.83. The molecule has 0 bridgehead atoms. The van der Waals surface area contributed by atoms with Crippen molar-refractivity contribution in [1.82, 2.24) is 4.98 Å². The Morgan fingerprint density at radius 3 is 2.76 bits per heavy atom. The number of nitrogens with zero attached hydrogens (tertiary/aromatic N) is 2. The lowest BCUT2D eigenvalue weighted by Gasteiger charge is -2.05. The van der Waals surface area contributed by atoms with Crippen LogP contribution in [0.15, 0.2) is 46.5 Å². The largest absolute Gasteiger partial charge is 0.397 e. The molecule has 0 saturated heterocycles. The van der Waals surface area contributed by atoms with Gasteiger partial charge in [-0.3, -0.25) is 0 Å². The molecular formula is C12H8ClN3S. The zero-order valence-electron chi connectivity index (χ0n) is 8.72. The van der Waals surface area contributed by atoms with Gasteiger partial charge in [0.15, 0.2) is 0 Å². The minimum Gasteiger partial charge on any atom is -0.397 e. The predicted molar refractivity (Wildman–Crippen MR) is 68.9 cm³/mol. The van der Waals surface area contributed by atoms with Crippen LogP contribution < -0.4 is 5.73 Å². The summed E-state index contributed by atoms with van der Waals surface area (Å²) in [6, 6.07) is 11.0. The molecule has 0 atom stereocenters. The van der Waals surface area contributed by atoms with Crippen molar-refractivity contribution in [2.24, 2.45) is 0 Å². The monoisotopic (exact) mass is 261 g/mol. The van der Waals surface area contributed by atoms with Crippen LogP contribution in [0.2, 0.25) is 5.02 Å². The van der Waals surface area contributed by atoms with E-state index in [9.17, 15) is 0 Å². The zero-order chi connectivity index (χ0) is 12.3. The number of nitrogen functional groups attached to an aromatic ring is 1. The molecule has 0 spiro atoms. The fourth-order valence-electron chi connectivity index (χ4n) is 1.27. The Bertz CT molecular complexity index is 575. The second kappa shape index (κ2) is 5.09. The van der Waals surface area contributed by atoms with E-state index in [2.05, 4.69) is 11.1 Å². The van der Waals surface area contributed by atoms with E-state index in [1.807, 2.05) is 12.1 Å². The lowest BCUT2D eigenvalue weighted by Crippen LogP contribution is -1.93. The van der Waals surface area contributed by atoms with Gasteiger partial charge in [0.25, 0.3) is 0 Å². The summed E-state index contributed by atoms with van der Waals surface area (Å²) in [7, 11) is 0. The fraction of sp³-hybridized carbons (Fsp3) is 0. The van der Waals surface area contributed by atoms with Crippen molar-refractivity contribution in [3.63, 3.8) is 0 Å². The smallest absolute Gasteiger partial charge is 0.101 e. The van der Waals surface area contributed by atoms with Gasteiger partial charge in [-0.05, 0) is 24.3 Å². The van der Waals surface area contributed by atoms with Gasteiger partial charge in [-0.2, -0.15) is 5.26 Å². The van der Waals surface area contributed by atoms with Crippen molar-refractivity contribution < 1.29 is 0 Å². The summed E-state index contributed by atoms with van der Waals surface area (Å²) in [6.07, 6.45) is 1.58. The molecule has 84 valence electrons. The molecule has 1 heterocycles. The van der Waals surface area contributed by atoms with E-state index in [4.69, 9.17) is 22.6 Å². The van der Waals surface area contributed by atoms with Crippen LogP contribution in [0.4, 0.5) is 5.69 Å². The van der Waals surface area contributed by atoms with E-state index >= 15 is 0 Å². The molecular weight excluding hydrogens is 254 g/mol. The lowest BCUT2D eigenvalue weighted by atomic mass is 10.2. The van der Waals surface area contributed by atoms with Crippen LogP contribution in [-0.2, 0) is 0 Å². The van der Waals surface area contributed by atoms with Crippen LogP contribution in [0.5, 0.6) is 0 Å². The summed E-state index contributed by atoms with van der Waals surface area (Å²) in [5, 5.41) is 10.3. The van der Waals surface area contributed by atoms with Crippen LogP contribution in [0.25, 0.3) is 0 Å². The van der Waals surface area contributed by atoms with Crippen molar-refractivity contribution in [2.75, 3.05) is 5.73 Å². The van der Waals surface area contributed by atoms with Gasteiger partial charge >= 0.3 is 0 Å². The molecule has 0 saturated carbocycles. The van der Waals surface area contributed by atoms with E-state index in [1.54, 1.807) is 24.4 Å². The Labute approximate surface area is 108 Å². The number of nitrogens with two attached hydrogens (primary N) is 1. The van der Waals surface area contributed by atoms with Gasteiger partial charge in [0, 0.05) is 11.1 Å². The van der Waals surface area contributed by atoms with Gasteiger partial charge in [0.1, 0.15) is 11.1 Å². The van der Waals surface area contributed by atoms with Crippen LogP contribution in [0.3, 0.4) is 0 Å². The number of aromatic nitrogens is 1. The van der Waals surface area contributed by atoms with Gasteiger partial charge in [0.2, 0.25) is 0 Å². The summed E-state index contributed by atoms with van der Waals surface area (Å²) in [4.78, 5) is 4.98. The molecule has 0 amide bonds. The summed E-state index contributed by atoms with van der Waals surface area (Å²) in [6.45, 7) is 0. The van der Waals surface area contributed by atoms with Crippen molar-refractivity contribution >= 4 is 29.1 Å². The van der Waals surface area contributed by atoms with Crippen molar-refractivity contribution in [2.45, 2.75) is 9.92 Å². The van der Waals surface area contributed by atoms with Gasteiger partial charge in [-0.25, -0.2) is 4.98 Å². The molecule has 2 aromatic rings. The van der Waals surface area contributed by atoms with E-state index in [-0.39, 0.29) is 0 Å². The van der Waals surface area contributed by atoms with Crippen molar-refractivity contribution in [3.8, 4) is 6.07 Å². The predicted octanol–water partition coefficient (Wildman–Crippen LogP) is 3.34. The maximum Gasteiger partial charge on any atom is 0.101 e. The molecule has 17 heavy (non-hydrogen) atoms. The van der Waals surface area contributed by atoms with E-state index in [0.29, 0.717) is 16.3 Å². The summed E-state index contributed by atoms with van der Waals surface area (Å²) < 4.78 is 0. The highest BCUT2D eigenvalue weighted by Crippen LogP contribution is 2.32. The average molecular weight is 262 g/mol. The number of hydrogen-bond donors (Lipinski definition) is 1. The first-order chi connectivity index (χ1) is 8.20. The highest BCUT2D eigenvalue weighted by atomic mass is 35.5. The number of para-hydroxylation sites is 1. The lowest BCUT2D eigenvalue weighted by molar-refractivity contribution is 1.13. The zero-order valence-corrected chi connectivity index (χ0v) is 10.3. The maximum atomic E-state index is 8.87. The number of benzene rings is 1. The van der Waals surface area contributed by atoms with E-state index in [1.165, 1.54) is 11.8 Å². The number of hydrogen-bond acceptors (Lipinski definition) is 4. The minimum absolute atomic E-state index is 0.476. The van der Waals surface area contributed by atoms with Crippen LogP contribution in [-0.4, -0.2) is 4.98 Å². The van der Waals surface area contributed by atoms with Gasteiger partial charge in [-0.15, -0.1) is 0 Å². The second-order valence-electron chi connectivity index (χ2n) is 3.25. The third-order valence-corrected chi connectivity index (χ3v) is 3.35. The Kier molecular flexibility index (Phi) is 3.52. The molecule has 0 aliphatic heterocycles. The molecule has 2 N–H and O–H groups in total. The molecule has 5 heteroatoms. The molecule has 1 aromatic heterocycles. The first-order valence-electron chi connectivity index (χ1n) is 4.78. The summed E-state index contributed by atoms with van der Waals surface area (Å²) >= 11 is 7.16. The van der Waals surface area contributed by atoms with Crippen LogP contribution in [0.1, 0.15) is 5.56 Å². The Hall–Kier alpha value is -1.70. The van der Waals surface area contributed by atoms with Crippen LogP contribution >= 0.6 is 23.4 Å². The minimum atomic E-state index is 0.476. The van der Waals surface area contributed by atoms with Gasteiger partial charge in [-0.1, -0.05) is 29.4 Å². The molecule has 0 radical (unpaired) electrons. The first-order valence-corrected chi connectivity index (χ1v) is 5.98.